The molecule has 0 unspecified atom stereocenters. The maximum Gasteiger partial charge on any atom is 0.270 e. The predicted octanol–water partition coefficient (Wildman–Crippen LogP) is 1.90. The number of nitrogens with one attached hydrogen (secondary N) is 2. The van der Waals surface area contributed by atoms with Crippen LogP contribution in [-0.4, -0.2) is 52.1 Å². The van der Waals surface area contributed by atoms with Crippen molar-refractivity contribution < 1.29 is 9.53 Å². The minimum Gasteiger partial charge on any atom is -0.379 e. The van der Waals surface area contributed by atoms with Crippen molar-refractivity contribution in [2.24, 2.45) is 0 Å². The number of aromatic nitrogens is 2. The molecule has 23 heavy (non-hydrogen) atoms. The van der Waals surface area contributed by atoms with E-state index in [1.807, 2.05) is 35.4 Å². The van der Waals surface area contributed by atoms with E-state index in [9.17, 15) is 4.79 Å². The number of hydrogen-bond acceptors (Lipinski definition) is 4. The zero-order valence-corrected chi connectivity index (χ0v) is 12.9. The van der Waals surface area contributed by atoms with Crippen LogP contribution >= 0.6 is 0 Å². The van der Waals surface area contributed by atoms with Crippen LogP contribution in [0.4, 0.5) is 5.69 Å². The second-order valence-corrected chi connectivity index (χ2v) is 6.34. The second-order valence-electron chi connectivity index (χ2n) is 6.34. The van der Waals surface area contributed by atoms with Gasteiger partial charge < -0.3 is 19.9 Å². The Morgan fingerprint density at radius 3 is 3.17 bits per heavy atom. The molecule has 2 aliphatic heterocycles. The lowest BCUT2D eigenvalue weighted by Gasteiger charge is -2.23. The maximum atomic E-state index is 12.4. The molecule has 2 aromatic heterocycles. The summed E-state index contributed by atoms with van der Waals surface area (Å²) < 4.78 is 6.10. The van der Waals surface area contributed by atoms with Crippen LogP contribution in [0.25, 0.3) is 0 Å². The van der Waals surface area contributed by atoms with E-state index >= 15 is 0 Å². The van der Waals surface area contributed by atoms with Crippen LogP contribution in [0, 0.1) is 0 Å². The summed E-state index contributed by atoms with van der Waals surface area (Å²) in [5.41, 5.74) is 1.45. The van der Waals surface area contributed by atoms with Crippen molar-refractivity contribution >= 4 is 11.6 Å². The summed E-state index contributed by atoms with van der Waals surface area (Å²) in [4.78, 5) is 21.4. The summed E-state index contributed by atoms with van der Waals surface area (Å²) in [6.07, 6.45) is 7.17. The smallest absolute Gasteiger partial charge is 0.270 e. The minimum atomic E-state index is -0.206. The van der Waals surface area contributed by atoms with Gasteiger partial charge in [0, 0.05) is 31.6 Å². The van der Waals surface area contributed by atoms with Gasteiger partial charge in [-0.05, 0) is 30.7 Å². The lowest BCUT2D eigenvalue weighted by Crippen LogP contribution is -2.36. The number of hydrogen-bond donors (Lipinski definition) is 2. The van der Waals surface area contributed by atoms with Gasteiger partial charge in [-0.25, -0.2) is 0 Å². The number of nitrogens with zero attached hydrogens (tertiary/aromatic N) is 2. The van der Waals surface area contributed by atoms with Crippen molar-refractivity contribution in [2.45, 2.75) is 24.5 Å². The Labute approximate surface area is 134 Å². The minimum absolute atomic E-state index is 0.0548. The first-order chi connectivity index (χ1) is 11.2. The van der Waals surface area contributed by atoms with Crippen molar-refractivity contribution in [3.05, 3.63) is 48.5 Å². The molecule has 6 nitrogen and oxygen atoms in total. The van der Waals surface area contributed by atoms with Gasteiger partial charge in [0.2, 0.25) is 0 Å². The quantitative estimate of drug-likeness (QED) is 0.908. The highest BCUT2D eigenvalue weighted by atomic mass is 16.5. The molecule has 2 N–H and O–H groups in total. The third-order valence-corrected chi connectivity index (χ3v) is 4.67. The highest BCUT2D eigenvalue weighted by Gasteiger charge is 2.46. The third-order valence-electron chi connectivity index (χ3n) is 4.67. The van der Waals surface area contributed by atoms with E-state index in [0.29, 0.717) is 18.8 Å². The van der Waals surface area contributed by atoms with E-state index in [4.69, 9.17) is 4.74 Å². The Morgan fingerprint density at radius 1 is 1.43 bits per heavy atom. The molecule has 4 rings (SSSR count). The number of ether oxygens (including phenoxy) is 1. The average Bonchev–Trinajstić information content (AvgIpc) is 3.31. The van der Waals surface area contributed by atoms with Crippen LogP contribution in [0.2, 0.25) is 0 Å². The van der Waals surface area contributed by atoms with Gasteiger partial charge in [0.25, 0.3) is 5.91 Å². The standard InChI is InChI=1S/C17H20N4O2/c22-16(15-4-2-7-19-15)21-8-5-17(12-21)9-14(11-23-17)20-13-3-1-6-18-10-13/h1-4,6-7,10,14,19-20H,5,8-9,11-12H2/t14-,17-/m0/s1. The molecule has 2 atom stereocenters. The van der Waals surface area contributed by atoms with E-state index in [0.717, 1.165) is 25.1 Å². The van der Waals surface area contributed by atoms with E-state index < -0.39 is 0 Å². The summed E-state index contributed by atoms with van der Waals surface area (Å²) in [6.45, 7) is 2.08. The number of rotatable bonds is 3. The van der Waals surface area contributed by atoms with Crippen LogP contribution in [0.15, 0.2) is 42.9 Å². The van der Waals surface area contributed by atoms with Crippen LogP contribution in [0.1, 0.15) is 23.3 Å². The van der Waals surface area contributed by atoms with Crippen molar-refractivity contribution in [1.29, 1.82) is 0 Å². The van der Waals surface area contributed by atoms with Gasteiger partial charge in [0.1, 0.15) is 5.69 Å². The highest BCUT2D eigenvalue weighted by molar-refractivity contribution is 5.92. The average molecular weight is 312 g/mol. The highest BCUT2D eigenvalue weighted by Crippen LogP contribution is 2.36. The lowest BCUT2D eigenvalue weighted by atomic mass is 9.97. The summed E-state index contributed by atoms with van der Waals surface area (Å²) >= 11 is 0. The fraction of sp³-hybridized carbons (Fsp3) is 0.412. The van der Waals surface area contributed by atoms with Crippen LogP contribution < -0.4 is 5.32 Å². The zero-order valence-electron chi connectivity index (χ0n) is 12.9. The van der Waals surface area contributed by atoms with Crippen molar-refractivity contribution in [1.82, 2.24) is 14.9 Å². The van der Waals surface area contributed by atoms with Crippen molar-refractivity contribution in [3.8, 4) is 0 Å². The van der Waals surface area contributed by atoms with Gasteiger partial charge in [-0.1, -0.05) is 0 Å². The molecule has 2 fully saturated rings. The molecule has 6 heteroatoms. The van der Waals surface area contributed by atoms with E-state index in [1.165, 1.54) is 0 Å². The summed E-state index contributed by atoms with van der Waals surface area (Å²) in [7, 11) is 0. The zero-order chi connectivity index (χ0) is 15.7. The molecular formula is C17H20N4O2. The molecule has 1 amide bonds. The summed E-state index contributed by atoms with van der Waals surface area (Å²) in [5.74, 6) is 0.0548. The van der Waals surface area contributed by atoms with Gasteiger partial charge in [-0.2, -0.15) is 0 Å². The fourth-order valence-corrected chi connectivity index (χ4v) is 3.56. The van der Waals surface area contributed by atoms with E-state index in [1.54, 1.807) is 12.4 Å². The number of carbonyl (C=O) groups is 1. The summed E-state index contributed by atoms with van der Waals surface area (Å²) in [6, 6.07) is 7.85. The predicted molar refractivity (Wildman–Crippen MR) is 86.3 cm³/mol. The maximum absolute atomic E-state index is 12.4. The Bertz CT molecular complexity index is 673. The summed E-state index contributed by atoms with van der Waals surface area (Å²) in [5, 5.41) is 3.47. The van der Waals surface area contributed by atoms with Gasteiger partial charge in [-0.15, -0.1) is 0 Å². The molecule has 4 heterocycles. The number of aromatic amines is 1. The molecular weight excluding hydrogens is 292 g/mol. The van der Waals surface area contributed by atoms with Gasteiger partial charge in [0.15, 0.2) is 0 Å². The largest absolute Gasteiger partial charge is 0.379 e. The molecule has 1 spiro atoms. The first-order valence-corrected chi connectivity index (χ1v) is 7.97. The van der Waals surface area contributed by atoms with E-state index in [2.05, 4.69) is 15.3 Å². The molecule has 0 bridgehead atoms. The normalized spacial score (nSPS) is 26.8. The first kappa shape index (κ1) is 14.3. The lowest BCUT2D eigenvalue weighted by molar-refractivity contribution is 0.0124. The Morgan fingerprint density at radius 2 is 2.39 bits per heavy atom. The van der Waals surface area contributed by atoms with Crippen LogP contribution in [0.3, 0.4) is 0 Å². The number of likely N-dealkylation sites (tertiary alicyclic amines) is 1. The molecule has 0 saturated carbocycles. The molecule has 120 valence electrons. The van der Waals surface area contributed by atoms with Crippen LogP contribution in [0.5, 0.6) is 0 Å². The molecule has 0 aliphatic carbocycles. The second kappa shape index (κ2) is 5.70. The molecule has 0 radical (unpaired) electrons. The number of amides is 1. The monoisotopic (exact) mass is 312 g/mol. The van der Waals surface area contributed by atoms with Crippen molar-refractivity contribution in [2.75, 3.05) is 25.0 Å². The van der Waals surface area contributed by atoms with Gasteiger partial charge >= 0.3 is 0 Å². The number of anilines is 1. The Kier molecular flexibility index (Phi) is 3.53. The SMILES string of the molecule is O=C(c1ccc[nH]1)N1CC[C@]2(C[C@H](Nc3cccnc3)CO2)C1. The number of pyridine rings is 1. The van der Waals surface area contributed by atoms with Gasteiger partial charge in [-0.3, -0.25) is 9.78 Å². The third kappa shape index (κ3) is 2.82. The molecule has 2 saturated heterocycles. The number of H-pyrrole nitrogens is 1. The molecule has 2 aliphatic rings. The first-order valence-electron chi connectivity index (χ1n) is 7.97. The van der Waals surface area contributed by atoms with Gasteiger partial charge in [0.05, 0.1) is 30.5 Å². The van der Waals surface area contributed by atoms with Crippen molar-refractivity contribution in [3.63, 3.8) is 0 Å². The van der Waals surface area contributed by atoms with Crippen LogP contribution in [-0.2, 0) is 4.74 Å². The number of carbonyl (C=O) groups excluding carboxylic acids is 1. The fourth-order valence-electron chi connectivity index (χ4n) is 3.56. The Balaban J connectivity index is 1.38. The molecule has 0 aromatic carbocycles. The Hall–Kier alpha value is -2.34. The van der Waals surface area contributed by atoms with E-state index in [-0.39, 0.29) is 17.6 Å². The molecule has 2 aromatic rings. The topological polar surface area (TPSA) is 70.2 Å².